The molecule has 0 unspecified atom stereocenters. The van der Waals surface area contributed by atoms with Crippen molar-refractivity contribution in [1.29, 1.82) is 5.26 Å². The highest BCUT2D eigenvalue weighted by atomic mass is 32.1. The number of fused-ring (bicyclic) bond motifs is 1. The number of anilines is 1. The Kier molecular flexibility index (Phi) is 12.7. The first kappa shape index (κ1) is 30.7. The molecule has 3 rings (SSSR count). The fourth-order valence-electron chi connectivity index (χ4n) is 4.79. The van der Waals surface area contributed by atoms with Crippen LogP contribution in [-0.2, 0) is 23.7 Å². The zero-order chi connectivity index (χ0) is 27.4. The molecule has 212 valence electrons. The smallest absolute Gasteiger partial charge is 0.189 e. The van der Waals surface area contributed by atoms with Gasteiger partial charge in [-0.2, -0.15) is 5.26 Å². The summed E-state index contributed by atoms with van der Waals surface area (Å²) in [4.78, 5) is 0. The highest BCUT2D eigenvalue weighted by Gasteiger charge is 2.57. The zero-order valence-electron chi connectivity index (χ0n) is 23.4. The van der Waals surface area contributed by atoms with Crippen LogP contribution in [0.1, 0.15) is 84.6 Å². The first-order valence-corrected chi connectivity index (χ1v) is 14.6. The fraction of sp³-hybridized carbons (Fsp3) is 0.724. The summed E-state index contributed by atoms with van der Waals surface area (Å²) in [5, 5.41) is 16.1. The van der Waals surface area contributed by atoms with Crippen LogP contribution in [0.5, 0.6) is 0 Å². The van der Waals surface area contributed by atoms with Crippen molar-refractivity contribution in [2.24, 2.45) is 0 Å². The van der Waals surface area contributed by atoms with E-state index in [-0.39, 0.29) is 24.4 Å². The predicted octanol–water partition coefficient (Wildman–Crippen LogP) is 5.65. The van der Waals surface area contributed by atoms with Crippen LogP contribution in [-0.4, -0.2) is 61.4 Å². The van der Waals surface area contributed by atoms with Crippen molar-refractivity contribution in [1.82, 2.24) is 5.32 Å². The van der Waals surface area contributed by atoms with Gasteiger partial charge in [-0.05, 0) is 63.2 Å². The molecule has 0 amide bonds. The van der Waals surface area contributed by atoms with Gasteiger partial charge in [-0.15, -0.1) is 0 Å². The first-order chi connectivity index (χ1) is 18.4. The first-order valence-electron chi connectivity index (χ1n) is 14.1. The molecule has 0 aromatic heterocycles. The molecule has 2 aliphatic rings. The highest BCUT2D eigenvalue weighted by molar-refractivity contribution is 7.80. The number of thiocarbonyl (C=S) groups is 1. The Morgan fingerprint density at radius 1 is 1.03 bits per heavy atom. The third kappa shape index (κ3) is 9.44. The predicted molar refractivity (Wildman–Crippen MR) is 152 cm³/mol. The molecule has 2 saturated heterocycles. The maximum atomic E-state index is 9.06. The minimum atomic E-state index is -0.755. The van der Waals surface area contributed by atoms with E-state index in [1.54, 1.807) is 12.1 Å². The van der Waals surface area contributed by atoms with Crippen molar-refractivity contribution >= 4 is 23.0 Å². The Bertz CT molecular complexity index is 891. The van der Waals surface area contributed by atoms with E-state index < -0.39 is 12.1 Å². The van der Waals surface area contributed by atoms with Crippen LogP contribution in [0.4, 0.5) is 5.69 Å². The monoisotopic (exact) mass is 547 g/mol. The number of nitriles is 1. The maximum Gasteiger partial charge on any atom is 0.189 e. The minimum absolute atomic E-state index is 0.293. The minimum Gasteiger partial charge on any atom is -0.379 e. The summed E-state index contributed by atoms with van der Waals surface area (Å²) in [5.41, 5.74) is 1.38. The van der Waals surface area contributed by atoms with Crippen LogP contribution < -0.4 is 10.6 Å². The molecule has 0 radical (unpaired) electrons. The summed E-state index contributed by atoms with van der Waals surface area (Å²) in [7, 11) is 0. The van der Waals surface area contributed by atoms with Crippen LogP contribution in [0.2, 0.25) is 0 Å². The number of hydrogen-bond donors (Lipinski definition) is 2. The van der Waals surface area contributed by atoms with E-state index in [9.17, 15) is 0 Å². The molecular formula is C29H45N3O5S. The second-order valence-electron chi connectivity index (χ2n) is 10.5. The maximum absolute atomic E-state index is 9.06. The van der Waals surface area contributed by atoms with Gasteiger partial charge in [-0.25, -0.2) is 0 Å². The Morgan fingerprint density at radius 2 is 1.71 bits per heavy atom. The lowest BCUT2D eigenvalue weighted by molar-refractivity contribution is -0.222. The van der Waals surface area contributed by atoms with Crippen molar-refractivity contribution in [3.8, 4) is 6.07 Å². The van der Waals surface area contributed by atoms with E-state index in [0.29, 0.717) is 30.5 Å². The summed E-state index contributed by atoms with van der Waals surface area (Å²) in [6.07, 6.45) is 7.58. The lowest BCUT2D eigenvalue weighted by Crippen LogP contribution is -2.54. The highest BCUT2D eigenvalue weighted by Crippen LogP contribution is 2.39. The third-order valence-electron chi connectivity index (χ3n) is 6.78. The molecule has 38 heavy (non-hydrogen) atoms. The Balaban J connectivity index is 1.68. The van der Waals surface area contributed by atoms with Crippen LogP contribution in [0.25, 0.3) is 0 Å². The van der Waals surface area contributed by atoms with Gasteiger partial charge in [0.15, 0.2) is 17.2 Å². The van der Waals surface area contributed by atoms with Crippen molar-refractivity contribution in [3.63, 3.8) is 0 Å². The molecule has 8 nitrogen and oxygen atoms in total. The van der Waals surface area contributed by atoms with E-state index in [4.69, 9.17) is 41.2 Å². The largest absolute Gasteiger partial charge is 0.379 e. The number of nitrogens with one attached hydrogen (secondary N) is 2. The molecule has 0 aliphatic carbocycles. The van der Waals surface area contributed by atoms with Crippen molar-refractivity contribution in [3.05, 3.63) is 29.8 Å². The normalized spacial score (nSPS) is 24.5. The molecule has 0 spiro atoms. The quantitative estimate of drug-likeness (QED) is 0.201. The number of rotatable bonds is 16. The van der Waals surface area contributed by atoms with Crippen molar-refractivity contribution < 1.29 is 23.7 Å². The number of unbranched alkanes of at least 4 members (excludes halogenated alkanes) is 6. The Labute approximate surface area is 233 Å². The standard InChI is InChI=1S/C29H45N3O5S/c1-5-7-9-11-17-33-20-23(34-18-12-10-8-6-2)25-24(26-27(35-25)37-29(3,4)36-26)32-28(38)31-22-15-13-21(19-30)14-16-22/h13-16,23-27H,5-12,17-18,20H2,1-4H3,(H2,31,32,38)/t23-,24+,25-,26-,27-/m1/s1. The van der Waals surface area contributed by atoms with Crippen molar-refractivity contribution in [2.45, 2.75) is 115 Å². The van der Waals surface area contributed by atoms with Gasteiger partial charge in [0, 0.05) is 18.9 Å². The molecule has 0 bridgehead atoms. The second-order valence-corrected chi connectivity index (χ2v) is 10.9. The lowest BCUT2D eigenvalue weighted by atomic mass is 10.0. The molecule has 2 fully saturated rings. The van der Waals surface area contributed by atoms with E-state index in [1.807, 2.05) is 26.0 Å². The number of benzene rings is 1. The third-order valence-corrected chi connectivity index (χ3v) is 7.00. The molecule has 2 N–H and O–H groups in total. The van der Waals surface area contributed by atoms with Gasteiger partial charge in [0.25, 0.3) is 0 Å². The van der Waals surface area contributed by atoms with Crippen LogP contribution in [0, 0.1) is 11.3 Å². The van der Waals surface area contributed by atoms with E-state index >= 15 is 0 Å². The van der Waals surface area contributed by atoms with Crippen LogP contribution in [0.3, 0.4) is 0 Å². The van der Waals surface area contributed by atoms with Crippen LogP contribution >= 0.6 is 12.2 Å². The summed E-state index contributed by atoms with van der Waals surface area (Å²) < 4.78 is 31.2. The average molecular weight is 548 g/mol. The molecule has 0 saturated carbocycles. The van der Waals surface area contributed by atoms with Gasteiger partial charge >= 0.3 is 0 Å². The summed E-state index contributed by atoms with van der Waals surface area (Å²) >= 11 is 5.66. The SMILES string of the molecule is CCCCCCOC[C@@H](OCCCCCC)[C@H]1O[C@@H]2OC(C)(C)O[C@@H]2[C@H]1NC(=S)Nc1ccc(C#N)cc1. The number of hydrogen-bond acceptors (Lipinski definition) is 7. The summed E-state index contributed by atoms with van der Waals surface area (Å²) in [6, 6.07) is 8.97. The van der Waals surface area contributed by atoms with Gasteiger partial charge in [-0.1, -0.05) is 52.4 Å². The van der Waals surface area contributed by atoms with Gasteiger partial charge in [0.05, 0.1) is 24.3 Å². The van der Waals surface area contributed by atoms with Crippen molar-refractivity contribution in [2.75, 3.05) is 25.1 Å². The van der Waals surface area contributed by atoms with Crippen LogP contribution in [0.15, 0.2) is 24.3 Å². The zero-order valence-corrected chi connectivity index (χ0v) is 24.2. The topological polar surface area (TPSA) is 94.0 Å². The van der Waals surface area contributed by atoms with E-state index in [1.165, 1.54) is 32.1 Å². The van der Waals surface area contributed by atoms with E-state index in [0.717, 1.165) is 24.9 Å². The molecular weight excluding hydrogens is 502 g/mol. The van der Waals surface area contributed by atoms with E-state index in [2.05, 4.69) is 30.6 Å². The molecule has 1 aromatic rings. The summed E-state index contributed by atoms with van der Waals surface area (Å²) in [5.74, 6) is -0.755. The fourth-order valence-corrected chi connectivity index (χ4v) is 5.05. The number of nitrogens with zero attached hydrogens (tertiary/aromatic N) is 1. The molecule has 2 aliphatic heterocycles. The molecule has 2 heterocycles. The average Bonchev–Trinajstić information content (AvgIpc) is 3.37. The van der Waals surface area contributed by atoms with Gasteiger partial charge in [-0.3, -0.25) is 0 Å². The molecule has 1 aromatic carbocycles. The second kappa shape index (κ2) is 15.7. The number of ether oxygens (including phenoxy) is 5. The lowest BCUT2D eigenvalue weighted by Gasteiger charge is -2.32. The molecule has 9 heteroatoms. The van der Waals surface area contributed by atoms with Gasteiger partial charge < -0.3 is 34.3 Å². The van der Waals surface area contributed by atoms with Gasteiger partial charge in [0.2, 0.25) is 0 Å². The Hall–Kier alpha value is -1.80. The van der Waals surface area contributed by atoms with Gasteiger partial charge in [0.1, 0.15) is 18.3 Å². The Morgan fingerprint density at radius 3 is 2.37 bits per heavy atom. The summed E-state index contributed by atoms with van der Waals surface area (Å²) in [6.45, 7) is 9.95. The molecule has 5 atom stereocenters.